The lowest BCUT2D eigenvalue weighted by Crippen LogP contribution is -2.30. The van der Waals surface area contributed by atoms with Gasteiger partial charge in [-0.05, 0) is 61.0 Å². The Kier molecular flexibility index (Phi) is 5.24. The van der Waals surface area contributed by atoms with Crippen molar-refractivity contribution in [1.82, 2.24) is 0 Å². The van der Waals surface area contributed by atoms with Crippen LogP contribution in [-0.2, 0) is 4.79 Å². The number of carbonyl (C=O) groups is 2. The van der Waals surface area contributed by atoms with Crippen LogP contribution in [0.15, 0.2) is 83.3 Å². The van der Waals surface area contributed by atoms with Gasteiger partial charge in [-0.1, -0.05) is 46.3 Å². The molecule has 6 heteroatoms. The van der Waals surface area contributed by atoms with Crippen LogP contribution < -0.4 is 4.74 Å². The van der Waals surface area contributed by atoms with E-state index in [0.717, 1.165) is 4.47 Å². The van der Waals surface area contributed by atoms with E-state index in [2.05, 4.69) is 22.0 Å². The van der Waals surface area contributed by atoms with Gasteiger partial charge < -0.3 is 4.74 Å². The first-order valence-electron chi connectivity index (χ1n) is 9.59. The van der Waals surface area contributed by atoms with Crippen molar-refractivity contribution in [3.8, 4) is 11.8 Å². The van der Waals surface area contributed by atoms with Crippen LogP contribution in [0.5, 0.6) is 5.75 Å². The van der Waals surface area contributed by atoms with Gasteiger partial charge >= 0.3 is 5.97 Å². The molecule has 1 aliphatic carbocycles. The summed E-state index contributed by atoms with van der Waals surface area (Å²) in [5.74, 6) is -2.09. The number of nitriles is 1. The molecule has 0 radical (unpaired) electrons. The molecule has 3 aromatic rings. The number of nitrogens with zero attached hydrogens (tertiary/aromatic N) is 1. The molecule has 0 amide bonds. The van der Waals surface area contributed by atoms with Crippen LogP contribution in [0.1, 0.15) is 28.8 Å². The van der Waals surface area contributed by atoms with Crippen LogP contribution in [-0.4, -0.2) is 11.8 Å². The Bertz CT molecular complexity index is 1190. The minimum absolute atomic E-state index is 0.235. The Morgan fingerprint density at radius 3 is 2.19 bits per heavy atom. The maximum absolute atomic E-state index is 13.5. The highest BCUT2D eigenvalue weighted by Gasteiger charge is 2.83. The number of rotatable bonds is 5. The Morgan fingerprint density at radius 1 is 1.00 bits per heavy atom. The Balaban J connectivity index is 1.78. The summed E-state index contributed by atoms with van der Waals surface area (Å²) in [5, 5.41) is 10.2. The summed E-state index contributed by atoms with van der Waals surface area (Å²) >= 11 is 3.32. The number of esters is 1. The molecule has 0 N–H and O–H groups in total. The van der Waals surface area contributed by atoms with E-state index >= 15 is 0 Å². The van der Waals surface area contributed by atoms with Crippen LogP contribution in [0.3, 0.4) is 0 Å². The Labute approximate surface area is 187 Å². The largest absolute Gasteiger partial charge is 0.425 e. The molecule has 0 spiro atoms. The second kappa shape index (κ2) is 7.75. The number of hydrogen-bond donors (Lipinski definition) is 0. The minimum Gasteiger partial charge on any atom is -0.425 e. The summed E-state index contributed by atoms with van der Waals surface area (Å²) in [4.78, 5) is 26.8. The van der Waals surface area contributed by atoms with E-state index in [9.17, 15) is 19.2 Å². The topological polar surface area (TPSA) is 67.2 Å². The first kappa shape index (κ1) is 21.0. The molecule has 0 aliphatic heterocycles. The summed E-state index contributed by atoms with van der Waals surface area (Å²) in [6.45, 7) is 1.60. The molecule has 3 atom stereocenters. The summed E-state index contributed by atoms with van der Waals surface area (Å²) < 4.78 is 19.7. The van der Waals surface area contributed by atoms with Gasteiger partial charge in [0.25, 0.3) is 0 Å². The average Bonchev–Trinajstić information content (AvgIpc) is 3.37. The Morgan fingerprint density at radius 2 is 1.61 bits per heavy atom. The SMILES string of the molecule is CC1(C(=O)c2ccc(F)cc2)C(c2ccccc2)C1(C#N)C(=O)Oc1ccc(Br)cc1. The van der Waals surface area contributed by atoms with Crippen molar-refractivity contribution >= 4 is 27.7 Å². The lowest BCUT2D eigenvalue weighted by molar-refractivity contribution is -0.139. The van der Waals surface area contributed by atoms with E-state index in [1.807, 2.05) is 6.07 Å². The highest BCUT2D eigenvalue weighted by molar-refractivity contribution is 9.10. The van der Waals surface area contributed by atoms with Crippen molar-refractivity contribution in [2.45, 2.75) is 12.8 Å². The second-order valence-electron chi connectivity index (χ2n) is 7.65. The number of Topliss-reactive ketones (excluding diaryl/α,β-unsaturated/α-hetero) is 1. The van der Waals surface area contributed by atoms with Crippen molar-refractivity contribution in [3.63, 3.8) is 0 Å². The molecule has 154 valence electrons. The zero-order valence-corrected chi connectivity index (χ0v) is 18.1. The fraction of sp³-hybridized carbons (Fsp3) is 0.160. The molecule has 1 saturated carbocycles. The van der Waals surface area contributed by atoms with Gasteiger partial charge in [-0.2, -0.15) is 5.26 Å². The molecule has 0 saturated heterocycles. The van der Waals surface area contributed by atoms with Crippen LogP contribution in [0.2, 0.25) is 0 Å². The number of ketones is 1. The van der Waals surface area contributed by atoms with Crippen molar-refractivity contribution in [3.05, 3.63) is 100 Å². The normalized spacial score (nSPS) is 24.1. The average molecular weight is 478 g/mol. The van der Waals surface area contributed by atoms with Crippen molar-refractivity contribution in [2.75, 3.05) is 0 Å². The summed E-state index contributed by atoms with van der Waals surface area (Å²) in [7, 11) is 0. The molecule has 0 heterocycles. The van der Waals surface area contributed by atoms with Gasteiger partial charge in [0.1, 0.15) is 11.6 Å². The van der Waals surface area contributed by atoms with E-state index in [0.29, 0.717) is 5.56 Å². The lowest BCUT2D eigenvalue weighted by Gasteiger charge is -2.14. The third kappa shape index (κ3) is 3.26. The van der Waals surface area contributed by atoms with Crippen molar-refractivity contribution in [2.24, 2.45) is 10.8 Å². The molecule has 0 aromatic heterocycles. The molecule has 4 nitrogen and oxygen atoms in total. The predicted molar refractivity (Wildman–Crippen MR) is 116 cm³/mol. The first-order valence-corrected chi connectivity index (χ1v) is 10.4. The molecule has 1 aliphatic rings. The van der Waals surface area contributed by atoms with E-state index in [4.69, 9.17) is 4.74 Å². The van der Waals surface area contributed by atoms with Crippen LogP contribution in [0, 0.1) is 28.0 Å². The zero-order chi connectivity index (χ0) is 22.2. The zero-order valence-electron chi connectivity index (χ0n) is 16.5. The number of carbonyl (C=O) groups excluding carboxylic acids is 2. The van der Waals surface area contributed by atoms with Gasteiger partial charge in [0.2, 0.25) is 0 Å². The van der Waals surface area contributed by atoms with E-state index in [1.54, 1.807) is 55.5 Å². The maximum atomic E-state index is 13.5. The van der Waals surface area contributed by atoms with E-state index in [1.165, 1.54) is 24.3 Å². The summed E-state index contributed by atoms with van der Waals surface area (Å²) in [6.07, 6.45) is 0. The van der Waals surface area contributed by atoms with Crippen LogP contribution >= 0.6 is 15.9 Å². The van der Waals surface area contributed by atoms with E-state index in [-0.39, 0.29) is 11.3 Å². The number of ether oxygens (including phenoxy) is 1. The van der Waals surface area contributed by atoms with Gasteiger partial charge in [-0.3, -0.25) is 4.79 Å². The smallest absolute Gasteiger partial charge is 0.333 e. The van der Waals surface area contributed by atoms with Gasteiger partial charge in [-0.25, -0.2) is 9.18 Å². The summed E-state index contributed by atoms with van der Waals surface area (Å²) in [5.41, 5.74) is -2.16. The predicted octanol–water partition coefficient (Wildman–Crippen LogP) is 5.69. The van der Waals surface area contributed by atoms with Crippen LogP contribution in [0.4, 0.5) is 4.39 Å². The highest BCUT2D eigenvalue weighted by atomic mass is 79.9. The fourth-order valence-corrected chi connectivity index (χ4v) is 4.57. The Hall–Kier alpha value is -3.30. The monoisotopic (exact) mass is 477 g/mol. The third-order valence-electron chi connectivity index (χ3n) is 5.98. The standard InChI is InChI=1S/C25H17BrFNO3/c1-24(22(29)17-7-11-19(27)12-8-17)21(16-5-3-2-4-6-16)25(24,15-28)23(30)31-20-13-9-18(26)10-14-20/h2-14,21H,1H3. The molecule has 3 aromatic carbocycles. The van der Waals surface area contributed by atoms with Gasteiger partial charge in [0.05, 0.1) is 11.5 Å². The molecule has 0 bridgehead atoms. The fourth-order valence-electron chi connectivity index (χ4n) is 4.31. The number of hydrogen-bond acceptors (Lipinski definition) is 4. The van der Waals surface area contributed by atoms with Crippen molar-refractivity contribution < 1.29 is 18.7 Å². The number of halogens is 2. The summed E-state index contributed by atoms with van der Waals surface area (Å²) in [6, 6.07) is 22.8. The maximum Gasteiger partial charge on any atom is 0.333 e. The van der Waals surface area contributed by atoms with Crippen LogP contribution in [0.25, 0.3) is 0 Å². The van der Waals surface area contributed by atoms with Gasteiger partial charge in [0, 0.05) is 16.0 Å². The van der Waals surface area contributed by atoms with E-state index < -0.39 is 34.3 Å². The molecular weight excluding hydrogens is 461 g/mol. The number of benzene rings is 3. The molecule has 4 rings (SSSR count). The molecular formula is C25H17BrFNO3. The van der Waals surface area contributed by atoms with Gasteiger partial charge in [0.15, 0.2) is 11.2 Å². The first-order chi connectivity index (χ1) is 14.8. The third-order valence-corrected chi connectivity index (χ3v) is 6.51. The van der Waals surface area contributed by atoms with Crippen molar-refractivity contribution in [1.29, 1.82) is 5.26 Å². The molecule has 31 heavy (non-hydrogen) atoms. The lowest BCUT2D eigenvalue weighted by atomic mass is 9.87. The highest BCUT2D eigenvalue weighted by Crippen LogP contribution is 2.75. The molecule has 1 fully saturated rings. The molecule has 3 unspecified atom stereocenters. The second-order valence-corrected chi connectivity index (χ2v) is 8.56. The van der Waals surface area contributed by atoms with Gasteiger partial charge in [-0.15, -0.1) is 0 Å². The minimum atomic E-state index is -1.72. The quantitative estimate of drug-likeness (QED) is 0.269.